The van der Waals surface area contributed by atoms with E-state index in [1.165, 1.54) is 5.56 Å². The Morgan fingerprint density at radius 2 is 2.12 bits per heavy atom. The number of fused-ring (bicyclic) bond motifs is 1. The zero-order valence-corrected chi connectivity index (χ0v) is 14.5. The van der Waals surface area contributed by atoms with Gasteiger partial charge < -0.3 is 10.2 Å². The smallest absolute Gasteiger partial charge is 0.0975 e. The number of aryl methyl sites for hydroxylation is 2. The number of aliphatic hydroxyl groups is 2. The Bertz CT molecular complexity index is 679. The second kappa shape index (κ2) is 7.46. The van der Waals surface area contributed by atoms with Crippen molar-refractivity contribution in [2.24, 2.45) is 0 Å². The van der Waals surface area contributed by atoms with Crippen LogP contribution in [-0.2, 0) is 26.2 Å². The number of nitrogens with zero attached hydrogens (tertiary/aromatic N) is 5. The molecular weight excluding hydrogens is 306 g/mol. The lowest BCUT2D eigenvalue weighted by atomic mass is 10.2. The fourth-order valence-electron chi connectivity index (χ4n) is 3.23. The number of rotatable bonds is 6. The normalized spacial score (nSPS) is 16.8. The highest BCUT2D eigenvalue weighted by Gasteiger charge is 2.20. The van der Waals surface area contributed by atoms with Gasteiger partial charge in [0, 0.05) is 37.9 Å². The predicted molar refractivity (Wildman–Crippen MR) is 90.3 cm³/mol. The Kier molecular flexibility index (Phi) is 5.33. The molecule has 0 amide bonds. The molecule has 0 saturated carbocycles. The van der Waals surface area contributed by atoms with Crippen molar-refractivity contribution in [3.8, 4) is 0 Å². The van der Waals surface area contributed by atoms with Gasteiger partial charge in [-0.2, -0.15) is 10.2 Å². The lowest BCUT2D eigenvalue weighted by Crippen LogP contribution is -2.23. The zero-order chi connectivity index (χ0) is 17.1. The van der Waals surface area contributed by atoms with Crippen molar-refractivity contribution < 1.29 is 10.2 Å². The molecule has 3 heterocycles. The molecule has 1 aliphatic heterocycles. The summed E-state index contributed by atoms with van der Waals surface area (Å²) < 4.78 is 3.85. The molecule has 7 nitrogen and oxygen atoms in total. The number of aromatic nitrogens is 4. The fourth-order valence-corrected chi connectivity index (χ4v) is 3.23. The SMILES string of the molecule is CCC(O)c1cc2n(n1)CCCN(Cc1cn(CCO)nc1C)C2. The van der Waals surface area contributed by atoms with Crippen LogP contribution in [0.5, 0.6) is 0 Å². The summed E-state index contributed by atoms with van der Waals surface area (Å²) in [6.45, 7) is 8.19. The van der Waals surface area contributed by atoms with Gasteiger partial charge in [-0.25, -0.2) is 0 Å². The monoisotopic (exact) mass is 333 g/mol. The van der Waals surface area contributed by atoms with Gasteiger partial charge in [0.2, 0.25) is 0 Å². The molecule has 2 N–H and O–H groups in total. The van der Waals surface area contributed by atoms with Crippen LogP contribution in [0.2, 0.25) is 0 Å². The van der Waals surface area contributed by atoms with Crippen molar-refractivity contribution in [1.29, 1.82) is 0 Å². The van der Waals surface area contributed by atoms with Crippen molar-refractivity contribution in [2.45, 2.75) is 59.0 Å². The maximum Gasteiger partial charge on any atom is 0.0975 e. The largest absolute Gasteiger partial charge is 0.394 e. The van der Waals surface area contributed by atoms with Crippen LogP contribution in [-0.4, -0.2) is 47.8 Å². The van der Waals surface area contributed by atoms with Gasteiger partial charge >= 0.3 is 0 Å². The third-order valence-corrected chi connectivity index (χ3v) is 4.61. The Labute approximate surface area is 142 Å². The van der Waals surface area contributed by atoms with Gasteiger partial charge in [-0.15, -0.1) is 0 Å². The number of hydrogen-bond acceptors (Lipinski definition) is 5. The van der Waals surface area contributed by atoms with Crippen LogP contribution in [0.25, 0.3) is 0 Å². The van der Waals surface area contributed by atoms with E-state index in [4.69, 9.17) is 5.11 Å². The van der Waals surface area contributed by atoms with Crippen LogP contribution < -0.4 is 0 Å². The zero-order valence-electron chi connectivity index (χ0n) is 14.5. The molecule has 3 rings (SSSR count). The summed E-state index contributed by atoms with van der Waals surface area (Å²) in [5.41, 5.74) is 4.16. The van der Waals surface area contributed by atoms with Gasteiger partial charge in [0.1, 0.15) is 0 Å². The third-order valence-electron chi connectivity index (χ3n) is 4.61. The average molecular weight is 333 g/mol. The van der Waals surface area contributed by atoms with E-state index in [1.54, 1.807) is 0 Å². The number of hydrogen-bond donors (Lipinski definition) is 2. The van der Waals surface area contributed by atoms with Crippen LogP contribution >= 0.6 is 0 Å². The summed E-state index contributed by atoms with van der Waals surface area (Å²) in [4.78, 5) is 2.40. The van der Waals surface area contributed by atoms with E-state index < -0.39 is 6.10 Å². The molecular formula is C17H27N5O2. The predicted octanol–water partition coefficient (Wildman–Crippen LogP) is 1.23. The van der Waals surface area contributed by atoms with Crippen LogP contribution in [0.1, 0.15) is 48.5 Å². The van der Waals surface area contributed by atoms with E-state index >= 15 is 0 Å². The number of aliphatic hydroxyl groups excluding tert-OH is 2. The first-order valence-electron chi connectivity index (χ1n) is 8.71. The maximum atomic E-state index is 10.0. The molecule has 2 aromatic heterocycles. The molecule has 0 saturated heterocycles. The van der Waals surface area contributed by atoms with Crippen molar-refractivity contribution in [3.63, 3.8) is 0 Å². The fraction of sp³-hybridized carbons (Fsp3) is 0.647. The molecule has 0 radical (unpaired) electrons. The van der Waals surface area contributed by atoms with E-state index in [0.29, 0.717) is 13.0 Å². The van der Waals surface area contributed by atoms with Gasteiger partial charge in [-0.1, -0.05) is 6.92 Å². The first kappa shape index (κ1) is 17.1. The minimum atomic E-state index is -0.475. The first-order valence-corrected chi connectivity index (χ1v) is 8.71. The van der Waals surface area contributed by atoms with Crippen LogP contribution in [0, 0.1) is 6.92 Å². The Balaban J connectivity index is 1.72. The lowest BCUT2D eigenvalue weighted by Gasteiger charge is -2.18. The standard InChI is InChI=1S/C17H27N5O2/c1-3-17(24)16-9-15-12-20(5-4-6-22(15)19-16)10-14-11-21(7-8-23)18-13(14)2/h9,11,17,23-24H,3-8,10,12H2,1-2H3. The summed E-state index contributed by atoms with van der Waals surface area (Å²) in [7, 11) is 0. The molecule has 1 atom stereocenters. The van der Waals surface area contributed by atoms with E-state index in [2.05, 4.69) is 15.1 Å². The summed E-state index contributed by atoms with van der Waals surface area (Å²) in [5.74, 6) is 0. The summed E-state index contributed by atoms with van der Waals surface area (Å²) in [5, 5.41) is 28.1. The van der Waals surface area contributed by atoms with Crippen molar-refractivity contribution in [1.82, 2.24) is 24.5 Å². The minimum Gasteiger partial charge on any atom is -0.394 e. The molecule has 1 aliphatic rings. The molecule has 24 heavy (non-hydrogen) atoms. The quantitative estimate of drug-likeness (QED) is 0.831. The van der Waals surface area contributed by atoms with E-state index in [-0.39, 0.29) is 6.61 Å². The van der Waals surface area contributed by atoms with Gasteiger partial charge in [-0.3, -0.25) is 14.3 Å². The highest BCUT2D eigenvalue weighted by atomic mass is 16.3. The van der Waals surface area contributed by atoms with Crippen molar-refractivity contribution >= 4 is 0 Å². The molecule has 0 fully saturated rings. The molecule has 132 valence electrons. The third kappa shape index (κ3) is 3.68. The minimum absolute atomic E-state index is 0.103. The Hall–Kier alpha value is -1.70. The molecule has 7 heteroatoms. The van der Waals surface area contributed by atoms with Crippen LogP contribution in [0.4, 0.5) is 0 Å². The summed E-state index contributed by atoms with van der Waals surface area (Å²) >= 11 is 0. The first-order chi connectivity index (χ1) is 11.6. The van der Waals surface area contributed by atoms with E-state index in [9.17, 15) is 5.11 Å². The maximum absolute atomic E-state index is 10.0. The summed E-state index contributed by atoms with van der Waals surface area (Å²) in [6.07, 6.45) is 3.28. The Morgan fingerprint density at radius 1 is 1.29 bits per heavy atom. The van der Waals surface area contributed by atoms with Crippen molar-refractivity contribution in [3.05, 3.63) is 34.9 Å². The summed E-state index contributed by atoms with van der Waals surface area (Å²) in [6, 6.07) is 2.04. The molecule has 0 spiro atoms. The van der Waals surface area contributed by atoms with Gasteiger partial charge in [0.15, 0.2) is 0 Å². The highest BCUT2D eigenvalue weighted by molar-refractivity contribution is 5.17. The lowest BCUT2D eigenvalue weighted by molar-refractivity contribution is 0.167. The molecule has 0 aliphatic carbocycles. The average Bonchev–Trinajstić information content (AvgIpc) is 3.05. The Morgan fingerprint density at radius 3 is 2.88 bits per heavy atom. The van der Waals surface area contributed by atoms with E-state index in [1.807, 2.05) is 35.5 Å². The van der Waals surface area contributed by atoms with Gasteiger partial charge in [0.25, 0.3) is 0 Å². The van der Waals surface area contributed by atoms with Crippen molar-refractivity contribution in [2.75, 3.05) is 13.2 Å². The second-order valence-electron chi connectivity index (χ2n) is 6.50. The van der Waals surface area contributed by atoms with Gasteiger partial charge in [-0.05, 0) is 25.8 Å². The molecule has 1 unspecified atom stereocenters. The van der Waals surface area contributed by atoms with Crippen LogP contribution in [0.15, 0.2) is 12.3 Å². The highest BCUT2D eigenvalue weighted by Crippen LogP contribution is 2.21. The molecule has 0 bridgehead atoms. The second-order valence-corrected chi connectivity index (χ2v) is 6.50. The molecule has 2 aromatic rings. The molecule has 0 aromatic carbocycles. The van der Waals surface area contributed by atoms with Gasteiger partial charge in [0.05, 0.1) is 36.3 Å². The topological polar surface area (TPSA) is 79.3 Å². The van der Waals surface area contributed by atoms with E-state index in [0.717, 1.165) is 49.7 Å². The van der Waals surface area contributed by atoms with Crippen LogP contribution in [0.3, 0.4) is 0 Å².